The van der Waals surface area contributed by atoms with Crippen molar-refractivity contribution in [3.63, 3.8) is 0 Å². The first-order chi connectivity index (χ1) is 39.4. The monoisotopic (exact) mass is 1150 g/mol. The van der Waals surface area contributed by atoms with Crippen molar-refractivity contribution >= 4 is 19.7 Å². The Morgan fingerprint density at radius 3 is 1.22 bits per heavy atom. The molecule has 0 saturated heterocycles. The number of phosphoric ester groups is 1. The molecule has 1 N–H and O–H groups in total. The van der Waals surface area contributed by atoms with Crippen LogP contribution in [0.25, 0.3) is 0 Å². The molecule has 0 fully saturated rings. The number of carbonyl (C=O) groups is 2. The molecule has 0 bridgehead atoms. The number of amides is 1. The van der Waals surface area contributed by atoms with E-state index in [1.165, 1.54) is 154 Å². The summed E-state index contributed by atoms with van der Waals surface area (Å²) in [4.78, 5) is 40.1. The number of esters is 1. The average Bonchev–Trinajstić information content (AvgIpc) is 3.44. The molecule has 0 saturated carbocycles. The Balaban J connectivity index is 5.09. The number of likely N-dealkylation sites (N-methyl/N-ethyl adjacent to an activating group) is 1. The average molecular weight is 1150 g/mol. The third-order valence-electron chi connectivity index (χ3n) is 14.5. The zero-order valence-corrected chi connectivity index (χ0v) is 54.4. The van der Waals surface area contributed by atoms with E-state index in [1.807, 2.05) is 33.3 Å². The molecular weight excluding hydrogens is 1020 g/mol. The van der Waals surface area contributed by atoms with Gasteiger partial charge >= 0.3 is 5.97 Å². The molecule has 1 amide bonds. The quantitative estimate of drug-likeness (QED) is 0.0212. The third-order valence-corrected chi connectivity index (χ3v) is 15.5. The summed E-state index contributed by atoms with van der Waals surface area (Å²) in [5, 5.41) is 3.01. The van der Waals surface area contributed by atoms with Crippen LogP contribution in [0.1, 0.15) is 290 Å². The Labute approximate surface area is 500 Å². The maximum atomic E-state index is 13.5. The van der Waals surface area contributed by atoms with Crippen molar-refractivity contribution in [1.29, 1.82) is 0 Å². The van der Waals surface area contributed by atoms with Crippen LogP contribution in [0.2, 0.25) is 0 Å². The molecule has 0 heterocycles. The topological polar surface area (TPSA) is 114 Å². The van der Waals surface area contributed by atoms with E-state index < -0.39 is 26.6 Å². The predicted octanol–water partition coefficient (Wildman–Crippen LogP) is 20.5. The number of quaternary nitrogens is 1. The summed E-state index contributed by atoms with van der Waals surface area (Å²) in [6, 6.07) is -0.910. The minimum Gasteiger partial charge on any atom is -0.756 e. The number of nitrogens with zero attached hydrogens (tertiary/aromatic N) is 1. The van der Waals surface area contributed by atoms with E-state index in [2.05, 4.69) is 111 Å². The molecule has 0 aromatic heterocycles. The number of unbranched alkanes of at least 4 members (excludes halogenated alkanes) is 30. The van der Waals surface area contributed by atoms with Crippen LogP contribution in [0.4, 0.5) is 0 Å². The molecule has 0 aromatic rings. The highest BCUT2D eigenvalue weighted by Crippen LogP contribution is 2.38. The minimum absolute atomic E-state index is 0.0323. The fraction of sp³-hybridized carbons (Fsp3) is 0.746. The van der Waals surface area contributed by atoms with Crippen LogP contribution >= 0.6 is 7.82 Å². The van der Waals surface area contributed by atoms with Crippen molar-refractivity contribution in [3.8, 4) is 0 Å². The molecule has 81 heavy (non-hydrogen) atoms. The van der Waals surface area contributed by atoms with Gasteiger partial charge in [0.2, 0.25) is 5.91 Å². The second kappa shape index (κ2) is 60.1. The Morgan fingerprint density at radius 1 is 0.444 bits per heavy atom. The van der Waals surface area contributed by atoms with Gasteiger partial charge in [0.15, 0.2) is 0 Å². The number of carbonyl (C=O) groups excluding carboxylic acids is 2. The Kier molecular flexibility index (Phi) is 57.8. The molecule has 468 valence electrons. The van der Waals surface area contributed by atoms with Gasteiger partial charge in [-0.2, -0.15) is 0 Å². The van der Waals surface area contributed by atoms with Gasteiger partial charge in [0.05, 0.1) is 33.8 Å². The summed E-state index contributed by atoms with van der Waals surface area (Å²) >= 11 is 0. The highest BCUT2D eigenvalue weighted by atomic mass is 31.2. The molecule has 3 atom stereocenters. The Morgan fingerprint density at radius 2 is 0.790 bits per heavy atom. The first-order valence-corrected chi connectivity index (χ1v) is 35.0. The standard InChI is InChI=1S/C71H127N2O7P/c1-7-10-13-16-19-22-25-28-30-32-33-34-35-36-37-38-39-40-41-42-44-46-49-52-55-58-61-64-71(75)80-69(62-59-56-53-50-47-27-24-21-18-15-12-9-3)68(67-79-81(76,77)78-66-65-73(4,5)6)72-70(74)63-60-57-54-51-48-45-43-31-29-26-23-20-17-14-11-8-2/h11,14,19-20,22-23,28-31,33-34,45,48,59,62,68-69H,7-10,12-13,15-18,21,24-27,32,35-44,46-47,49-58,60-61,63-67H2,1-6H3,(H-,72,74,76,77)/b14-11+,22-19-,23-20+,30-28-,31-29+,34-33-,48-45+,62-59-. The molecule has 0 radical (unpaired) electrons. The molecule has 0 aliphatic rings. The van der Waals surface area contributed by atoms with Crippen LogP contribution in [0.15, 0.2) is 97.2 Å². The fourth-order valence-electron chi connectivity index (χ4n) is 9.34. The first kappa shape index (κ1) is 77.9. The van der Waals surface area contributed by atoms with Crippen molar-refractivity contribution in [3.05, 3.63) is 97.2 Å². The third kappa shape index (κ3) is 61.3. The molecule has 0 aromatic carbocycles. The number of ether oxygens (including phenoxy) is 1. The largest absolute Gasteiger partial charge is 0.756 e. The van der Waals surface area contributed by atoms with Crippen LogP contribution in [0.5, 0.6) is 0 Å². The normalized spacial score (nSPS) is 14.2. The summed E-state index contributed by atoms with van der Waals surface area (Å²) in [6.07, 6.45) is 81.0. The molecule has 3 unspecified atom stereocenters. The summed E-state index contributed by atoms with van der Waals surface area (Å²) < 4.78 is 30.3. The second-order valence-corrected chi connectivity index (χ2v) is 25.0. The lowest BCUT2D eigenvalue weighted by Crippen LogP contribution is -2.47. The van der Waals surface area contributed by atoms with E-state index in [0.717, 1.165) is 96.3 Å². The minimum atomic E-state index is -4.71. The molecule has 9 nitrogen and oxygen atoms in total. The fourth-order valence-corrected chi connectivity index (χ4v) is 10.1. The van der Waals surface area contributed by atoms with Crippen LogP contribution in [-0.2, 0) is 27.9 Å². The van der Waals surface area contributed by atoms with Gasteiger partial charge in [0.25, 0.3) is 7.82 Å². The van der Waals surface area contributed by atoms with Gasteiger partial charge in [-0.25, -0.2) is 0 Å². The van der Waals surface area contributed by atoms with E-state index in [4.69, 9.17) is 13.8 Å². The molecule has 0 aliphatic heterocycles. The number of nitrogens with one attached hydrogen (secondary N) is 1. The number of phosphoric acid groups is 1. The lowest BCUT2D eigenvalue weighted by Gasteiger charge is -2.30. The predicted molar refractivity (Wildman–Crippen MR) is 348 cm³/mol. The molecule has 0 spiro atoms. The lowest BCUT2D eigenvalue weighted by molar-refractivity contribution is -0.870. The van der Waals surface area contributed by atoms with Crippen molar-refractivity contribution in [2.75, 3.05) is 40.9 Å². The Bertz CT molecular complexity index is 1710. The van der Waals surface area contributed by atoms with Gasteiger partial charge < -0.3 is 28.5 Å². The Hall–Kier alpha value is -3.07. The van der Waals surface area contributed by atoms with E-state index in [9.17, 15) is 19.0 Å². The van der Waals surface area contributed by atoms with Crippen molar-refractivity contribution in [2.24, 2.45) is 0 Å². The van der Waals surface area contributed by atoms with Gasteiger partial charge in [-0.05, 0) is 109 Å². The highest BCUT2D eigenvalue weighted by Gasteiger charge is 2.27. The van der Waals surface area contributed by atoms with E-state index >= 15 is 0 Å². The summed E-state index contributed by atoms with van der Waals surface area (Å²) in [7, 11) is 1.16. The number of rotatable bonds is 60. The highest BCUT2D eigenvalue weighted by molar-refractivity contribution is 7.45. The van der Waals surface area contributed by atoms with Gasteiger partial charge in [0, 0.05) is 12.8 Å². The van der Waals surface area contributed by atoms with Gasteiger partial charge in [-0.3, -0.25) is 14.2 Å². The number of hydrogen-bond donors (Lipinski definition) is 1. The lowest BCUT2D eigenvalue weighted by atomic mass is 10.0. The zero-order valence-electron chi connectivity index (χ0n) is 53.5. The van der Waals surface area contributed by atoms with Crippen molar-refractivity contribution < 1.29 is 37.3 Å². The maximum absolute atomic E-state index is 13.5. The molecule has 10 heteroatoms. The van der Waals surface area contributed by atoms with E-state index in [0.29, 0.717) is 17.4 Å². The molecular formula is C71H127N2O7P. The van der Waals surface area contributed by atoms with Crippen LogP contribution in [0.3, 0.4) is 0 Å². The van der Waals surface area contributed by atoms with Gasteiger partial charge in [0.1, 0.15) is 19.3 Å². The van der Waals surface area contributed by atoms with Crippen LogP contribution in [0, 0.1) is 0 Å². The van der Waals surface area contributed by atoms with Crippen molar-refractivity contribution in [2.45, 2.75) is 303 Å². The van der Waals surface area contributed by atoms with Gasteiger partial charge in [-0.1, -0.05) is 266 Å². The van der Waals surface area contributed by atoms with E-state index in [-0.39, 0.29) is 31.3 Å². The SMILES string of the molecule is CC/C=C/C/C=C/C/C=C/C/C=C/CCCCCC(=O)NC(COP(=O)([O-])OCC[N+](C)(C)C)C(/C=C\CCCCCCCCCCCC)OC(=O)CCCCCCCCCCCCCCCC/C=C\C/C=C\C/C=C\CCCCC. The second-order valence-electron chi connectivity index (χ2n) is 23.6. The summed E-state index contributed by atoms with van der Waals surface area (Å²) in [5.74, 6) is -0.577. The molecule has 0 aliphatic carbocycles. The first-order valence-electron chi connectivity index (χ1n) is 33.5. The van der Waals surface area contributed by atoms with Crippen LogP contribution in [-0.4, -0.2) is 69.4 Å². The number of hydrogen-bond acceptors (Lipinski definition) is 7. The van der Waals surface area contributed by atoms with E-state index in [1.54, 1.807) is 0 Å². The summed E-state index contributed by atoms with van der Waals surface area (Å²) in [5.41, 5.74) is 0. The maximum Gasteiger partial charge on any atom is 0.306 e. The van der Waals surface area contributed by atoms with Crippen LogP contribution < -0.4 is 10.2 Å². The smallest absolute Gasteiger partial charge is 0.306 e. The summed E-state index contributed by atoms with van der Waals surface area (Å²) in [6.45, 7) is 6.68. The number of allylic oxidation sites excluding steroid dienone is 15. The van der Waals surface area contributed by atoms with Crippen molar-refractivity contribution in [1.82, 2.24) is 5.32 Å². The van der Waals surface area contributed by atoms with Gasteiger partial charge in [-0.15, -0.1) is 0 Å². The molecule has 0 rings (SSSR count). The zero-order chi connectivity index (χ0) is 59.3.